The molecule has 1 aromatic heterocycles. The molecule has 0 radical (unpaired) electrons. The molecule has 1 saturated heterocycles. The predicted octanol–water partition coefficient (Wildman–Crippen LogP) is 1.43. The van der Waals surface area contributed by atoms with Crippen LogP contribution in [0.1, 0.15) is 12.1 Å². The van der Waals surface area contributed by atoms with E-state index in [9.17, 15) is 4.79 Å². The molecule has 1 N–H and O–H groups in total. The lowest BCUT2D eigenvalue weighted by Gasteiger charge is -2.05. The summed E-state index contributed by atoms with van der Waals surface area (Å²) in [5, 5.41) is 5.39. The molecular formula is C9H12N2O2S. The van der Waals surface area contributed by atoms with Crippen molar-refractivity contribution in [1.29, 1.82) is 0 Å². The summed E-state index contributed by atoms with van der Waals surface area (Å²) in [6.07, 6.45) is 0.816. The monoisotopic (exact) mass is 212 g/mol. The topological polar surface area (TPSA) is 51.2 Å². The Morgan fingerprint density at radius 3 is 3.21 bits per heavy atom. The van der Waals surface area contributed by atoms with Crippen LogP contribution in [0.3, 0.4) is 0 Å². The summed E-state index contributed by atoms with van der Waals surface area (Å²) >= 11 is 1.45. The average molecular weight is 212 g/mol. The lowest BCUT2D eigenvalue weighted by atomic mass is 10.1. The van der Waals surface area contributed by atoms with Crippen LogP contribution in [-0.4, -0.2) is 24.1 Å². The number of nitrogens with one attached hydrogen (secondary N) is 1. The van der Waals surface area contributed by atoms with Crippen molar-refractivity contribution in [2.24, 2.45) is 5.92 Å². The van der Waals surface area contributed by atoms with Gasteiger partial charge in [-0.2, -0.15) is 0 Å². The highest BCUT2D eigenvalue weighted by Crippen LogP contribution is 2.18. The zero-order valence-corrected chi connectivity index (χ0v) is 8.76. The summed E-state index contributed by atoms with van der Waals surface area (Å²) in [7, 11) is 0. The number of aromatic nitrogens is 1. The molecule has 1 amide bonds. The number of carbonyl (C=O) groups excluding carboxylic acids is 1. The zero-order chi connectivity index (χ0) is 9.97. The number of amides is 1. The third kappa shape index (κ3) is 2.10. The summed E-state index contributed by atoms with van der Waals surface area (Å²) in [6, 6.07) is 0. The second-order valence-electron chi connectivity index (χ2n) is 3.34. The SMILES string of the molecule is Cc1csc(NC(=O)C2CCOC2)n1. The van der Waals surface area contributed by atoms with E-state index in [2.05, 4.69) is 10.3 Å². The predicted molar refractivity (Wildman–Crippen MR) is 54.4 cm³/mol. The molecule has 14 heavy (non-hydrogen) atoms. The molecule has 0 aliphatic carbocycles. The van der Waals surface area contributed by atoms with Gasteiger partial charge in [-0.05, 0) is 13.3 Å². The van der Waals surface area contributed by atoms with Crippen LogP contribution in [0.5, 0.6) is 0 Å². The normalized spacial score (nSPS) is 21.1. The van der Waals surface area contributed by atoms with Crippen LogP contribution >= 0.6 is 11.3 Å². The van der Waals surface area contributed by atoms with Crippen molar-refractivity contribution >= 4 is 22.4 Å². The fraction of sp³-hybridized carbons (Fsp3) is 0.556. The molecule has 76 valence electrons. The van der Waals surface area contributed by atoms with E-state index in [1.165, 1.54) is 11.3 Å². The van der Waals surface area contributed by atoms with Crippen molar-refractivity contribution in [2.45, 2.75) is 13.3 Å². The highest BCUT2D eigenvalue weighted by atomic mass is 32.1. The quantitative estimate of drug-likeness (QED) is 0.806. The van der Waals surface area contributed by atoms with Crippen LogP contribution in [0.25, 0.3) is 0 Å². The van der Waals surface area contributed by atoms with Crippen molar-refractivity contribution in [3.05, 3.63) is 11.1 Å². The second kappa shape index (κ2) is 4.06. The van der Waals surface area contributed by atoms with Crippen LogP contribution in [-0.2, 0) is 9.53 Å². The molecule has 2 heterocycles. The van der Waals surface area contributed by atoms with Gasteiger partial charge in [0, 0.05) is 12.0 Å². The summed E-state index contributed by atoms with van der Waals surface area (Å²) in [5.74, 6) is 0.0241. The Morgan fingerprint density at radius 2 is 2.64 bits per heavy atom. The van der Waals surface area contributed by atoms with Crippen LogP contribution in [0, 0.1) is 12.8 Å². The first-order chi connectivity index (χ1) is 6.75. The van der Waals surface area contributed by atoms with Crippen molar-refractivity contribution in [3.63, 3.8) is 0 Å². The average Bonchev–Trinajstić information content (AvgIpc) is 2.75. The van der Waals surface area contributed by atoms with Gasteiger partial charge in [-0.1, -0.05) is 0 Å². The minimum atomic E-state index is -0.000735. The maximum Gasteiger partial charge on any atom is 0.231 e. The smallest absolute Gasteiger partial charge is 0.231 e. The highest BCUT2D eigenvalue weighted by Gasteiger charge is 2.23. The van der Waals surface area contributed by atoms with E-state index in [0.29, 0.717) is 18.3 Å². The number of thiazole rings is 1. The Balaban J connectivity index is 1.93. The van der Waals surface area contributed by atoms with E-state index < -0.39 is 0 Å². The van der Waals surface area contributed by atoms with E-state index in [-0.39, 0.29) is 11.8 Å². The fourth-order valence-corrected chi connectivity index (χ4v) is 2.05. The first-order valence-electron chi connectivity index (χ1n) is 4.56. The van der Waals surface area contributed by atoms with Gasteiger partial charge in [0.2, 0.25) is 5.91 Å². The lowest BCUT2D eigenvalue weighted by Crippen LogP contribution is -2.22. The van der Waals surface area contributed by atoms with E-state index in [1.807, 2.05) is 12.3 Å². The number of carbonyl (C=O) groups is 1. The van der Waals surface area contributed by atoms with Gasteiger partial charge in [0.1, 0.15) is 0 Å². The van der Waals surface area contributed by atoms with Gasteiger partial charge in [-0.25, -0.2) is 4.98 Å². The molecule has 1 aromatic rings. The summed E-state index contributed by atoms with van der Waals surface area (Å²) < 4.78 is 5.14. The van der Waals surface area contributed by atoms with Crippen molar-refractivity contribution < 1.29 is 9.53 Å². The maximum atomic E-state index is 11.6. The van der Waals surface area contributed by atoms with Crippen LogP contribution in [0.4, 0.5) is 5.13 Å². The molecule has 1 fully saturated rings. The molecule has 0 bridgehead atoms. The number of nitrogens with zero attached hydrogens (tertiary/aromatic N) is 1. The molecule has 0 saturated carbocycles. The lowest BCUT2D eigenvalue weighted by molar-refractivity contribution is -0.119. The molecule has 0 spiro atoms. The molecule has 1 aliphatic rings. The molecular weight excluding hydrogens is 200 g/mol. The van der Waals surface area contributed by atoms with Crippen molar-refractivity contribution in [2.75, 3.05) is 18.5 Å². The maximum absolute atomic E-state index is 11.6. The molecule has 4 nitrogen and oxygen atoms in total. The van der Waals surface area contributed by atoms with E-state index >= 15 is 0 Å². The molecule has 1 atom stereocenters. The third-order valence-electron chi connectivity index (χ3n) is 2.15. The first kappa shape index (κ1) is 9.61. The van der Waals surface area contributed by atoms with Gasteiger partial charge in [0.05, 0.1) is 18.2 Å². The molecule has 1 aliphatic heterocycles. The summed E-state index contributed by atoms with van der Waals surface area (Å²) in [5.41, 5.74) is 0.938. The van der Waals surface area contributed by atoms with Crippen molar-refractivity contribution in [3.8, 4) is 0 Å². The highest BCUT2D eigenvalue weighted by molar-refractivity contribution is 7.13. The molecule has 0 aromatic carbocycles. The zero-order valence-electron chi connectivity index (χ0n) is 7.95. The second-order valence-corrected chi connectivity index (χ2v) is 4.20. The number of aryl methyl sites for hydroxylation is 1. The number of ether oxygens (including phenoxy) is 1. The Hall–Kier alpha value is -0.940. The first-order valence-corrected chi connectivity index (χ1v) is 5.44. The molecule has 1 unspecified atom stereocenters. The molecule has 5 heteroatoms. The number of hydrogen-bond donors (Lipinski definition) is 1. The Bertz CT molecular complexity index is 331. The van der Waals surface area contributed by atoms with Crippen LogP contribution in [0.15, 0.2) is 5.38 Å². The van der Waals surface area contributed by atoms with E-state index in [1.54, 1.807) is 0 Å². The van der Waals surface area contributed by atoms with E-state index in [0.717, 1.165) is 12.1 Å². The van der Waals surface area contributed by atoms with Gasteiger partial charge < -0.3 is 10.1 Å². The van der Waals surface area contributed by atoms with Gasteiger partial charge in [0.15, 0.2) is 5.13 Å². The summed E-state index contributed by atoms with van der Waals surface area (Å²) in [4.78, 5) is 15.8. The number of anilines is 1. The third-order valence-corrected chi connectivity index (χ3v) is 3.03. The summed E-state index contributed by atoms with van der Waals surface area (Å²) in [6.45, 7) is 3.13. The van der Waals surface area contributed by atoms with Gasteiger partial charge >= 0.3 is 0 Å². The number of hydrogen-bond acceptors (Lipinski definition) is 4. The van der Waals surface area contributed by atoms with Crippen molar-refractivity contribution in [1.82, 2.24) is 4.98 Å². The van der Waals surface area contributed by atoms with Gasteiger partial charge in [-0.3, -0.25) is 4.79 Å². The standard InChI is InChI=1S/C9H12N2O2S/c1-6-5-14-9(10-6)11-8(12)7-2-3-13-4-7/h5,7H,2-4H2,1H3,(H,10,11,12). The fourth-order valence-electron chi connectivity index (χ4n) is 1.36. The van der Waals surface area contributed by atoms with E-state index in [4.69, 9.17) is 4.74 Å². The Kier molecular flexibility index (Phi) is 2.79. The van der Waals surface area contributed by atoms with Crippen LogP contribution in [0.2, 0.25) is 0 Å². The largest absolute Gasteiger partial charge is 0.381 e. The van der Waals surface area contributed by atoms with Gasteiger partial charge in [0.25, 0.3) is 0 Å². The number of rotatable bonds is 2. The van der Waals surface area contributed by atoms with Gasteiger partial charge in [-0.15, -0.1) is 11.3 Å². The Labute approximate surface area is 86.3 Å². The Morgan fingerprint density at radius 1 is 1.79 bits per heavy atom. The minimum Gasteiger partial charge on any atom is -0.381 e. The minimum absolute atomic E-state index is 0.000735. The van der Waals surface area contributed by atoms with Crippen LogP contribution < -0.4 is 5.32 Å². The molecule has 2 rings (SSSR count).